The summed E-state index contributed by atoms with van der Waals surface area (Å²) in [6.45, 7) is 1.86. The minimum atomic E-state index is -1.19. The highest BCUT2D eigenvalue weighted by molar-refractivity contribution is 5.97. The van der Waals surface area contributed by atoms with Crippen molar-refractivity contribution in [2.45, 2.75) is 107 Å². The number of nitrogens with zero attached hydrogens (tertiary/aromatic N) is 3. The fourth-order valence-corrected chi connectivity index (χ4v) is 7.39. The van der Waals surface area contributed by atoms with Gasteiger partial charge in [-0.25, -0.2) is 0 Å². The highest BCUT2D eigenvalue weighted by Crippen LogP contribution is 2.21. The van der Waals surface area contributed by atoms with Crippen molar-refractivity contribution in [1.29, 1.82) is 0 Å². The van der Waals surface area contributed by atoms with E-state index in [-0.39, 0.29) is 89.5 Å². The van der Waals surface area contributed by atoms with Crippen LogP contribution in [0.25, 0.3) is 0 Å². The van der Waals surface area contributed by atoms with Crippen LogP contribution in [0.2, 0.25) is 0 Å². The van der Waals surface area contributed by atoms with Crippen LogP contribution in [0.5, 0.6) is 0 Å². The van der Waals surface area contributed by atoms with E-state index in [0.717, 1.165) is 11.1 Å². The van der Waals surface area contributed by atoms with Gasteiger partial charge in [0.25, 0.3) is 0 Å². The molecule has 336 valence electrons. The highest BCUT2D eigenvalue weighted by Gasteiger charge is 2.40. The molecule has 0 saturated carbocycles. The van der Waals surface area contributed by atoms with E-state index in [0.29, 0.717) is 12.8 Å². The lowest BCUT2D eigenvalue weighted by molar-refractivity contribution is -0.142. The Morgan fingerprint density at radius 2 is 1.27 bits per heavy atom. The van der Waals surface area contributed by atoms with Crippen molar-refractivity contribution < 1.29 is 33.6 Å². The number of guanidine groups is 2. The standard InChI is InChI=1S/C42H61N13O7/c1-26(56)50-32(24-27-12-4-2-5-13-27)37(59)53-31-18-10-20-47-35(57)29(16-8-21-48-41(43)44)51-38(60)33(25-28-14-6-3-7-15-28)54-36(58)30(17-9-22-49-42(45)46)52-39(61)34-19-11-23-55(34)40(31)62/h2-7,12-15,29-34H,8-11,16-25H2,1H3,(H,47,57)(H,50,56)(H,51,60)(H,52,61)(H,53,59)(H,54,58)(H4,43,44,48)(H4,45,46,49)/t29?,30-,31+,32+,33?,34?/m1/s1. The average Bonchev–Trinajstić information content (AvgIpc) is 3.73. The summed E-state index contributed by atoms with van der Waals surface area (Å²) in [6.07, 6.45) is 1.97. The summed E-state index contributed by atoms with van der Waals surface area (Å²) in [5, 5.41) is 16.7. The number of carbonyl (C=O) groups is 7. The number of rotatable bonds is 15. The van der Waals surface area contributed by atoms with Gasteiger partial charge in [-0.1, -0.05) is 60.7 Å². The van der Waals surface area contributed by atoms with Gasteiger partial charge in [-0.05, 0) is 62.5 Å². The summed E-state index contributed by atoms with van der Waals surface area (Å²) in [4.78, 5) is 106. The molecular formula is C42H61N13O7. The van der Waals surface area contributed by atoms with Crippen molar-refractivity contribution in [3.63, 3.8) is 0 Å². The second kappa shape index (κ2) is 24.5. The molecule has 2 aliphatic heterocycles. The zero-order valence-electron chi connectivity index (χ0n) is 35.1. The number of benzene rings is 2. The van der Waals surface area contributed by atoms with E-state index in [1.807, 2.05) is 24.3 Å². The summed E-state index contributed by atoms with van der Waals surface area (Å²) < 4.78 is 0. The minimum absolute atomic E-state index is 0.0459. The molecule has 0 spiro atoms. The fourth-order valence-electron chi connectivity index (χ4n) is 7.39. The number of fused-ring (bicyclic) bond motifs is 1. The van der Waals surface area contributed by atoms with E-state index in [1.165, 1.54) is 11.8 Å². The molecule has 2 aliphatic rings. The molecule has 4 rings (SSSR count). The quantitative estimate of drug-likeness (QED) is 0.0527. The molecule has 0 aliphatic carbocycles. The third-order valence-corrected chi connectivity index (χ3v) is 10.5. The Morgan fingerprint density at radius 3 is 1.87 bits per heavy atom. The van der Waals surface area contributed by atoms with Gasteiger partial charge >= 0.3 is 0 Å². The number of hydrogen-bond acceptors (Lipinski definition) is 9. The monoisotopic (exact) mass is 859 g/mol. The van der Waals surface area contributed by atoms with E-state index in [9.17, 15) is 33.6 Å². The van der Waals surface area contributed by atoms with E-state index in [1.54, 1.807) is 36.4 Å². The Kier molecular flexibility index (Phi) is 19.0. The Hall–Kier alpha value is -6.73. The number of nitrogens with one attached hydrogen (secondary N) is 6. The van der Waals surface area contributed by atoms with E-state index >= 15 is 0 Å². The van der Waals surface area contributed by atoms with Crippen LogP contribution in [0.15, 0.2) is 70.6 Å². The lowest BCUT2D eigenvalue weighted by Gasteiger charge is -2.31. The van der Waals surface area contributed by atoms with Gasteiger partial charge in [0.15, 0.2) is 11.9 Å². The minimum Gasteiger partial charge on any atom is -0.370 e. The molecular weight excluding hydrogens is 799 g/mol. The first kappa shape index (κ1) is 47.9. The molecule has 14 N–H and O–H groups in total. The van der Waals surface area contributed by atoms with E-state index < -0.39 is 77.6 Å². The van der Waals surface area contributed by atoms with Gasteiger partial charge in [-0.2, -0.15) is 0 Å². The van der Waals surface area contributed by atoms with E-state index in [2.05, 4.69) is 41.9 Å². The average molecular weight is 860 g/mol. The first-order valence-corrected chi connectivity index (χ1v) is 21.0. The highest BCUT2D eigenvalue weighted by atomic mass is 16.2. The van der Waals surface area contributed by atoms with Crippen LogP contribution in [0.3, 0.4) is 0 Å². The van der Waals surface area contributed by atoms with Gasteiger partial charge < -0.3 is 59.7 Å². The van der Waals surface area contributed by atoms with Crippen molar-refractivity contribution in [1.82, 2.24) is 36.8 Å². The molecule has 7 amide bonds. The Bertz CT molecular complexity index is 1910. The second-order valence-electron chi connectivity index (χ2n) is 15.4. The number of amides is 7. The normalized spacial score (nSPS) is 21.9. The van der Waals surface area contributed by atoms with Crippen molar-refractivity contribution in [3.8, 4) is 0 Å². The van der Waals surface area contributed by atoms with Gasteiger partial charge in [0, 0.05) is 45.9 Å². The van der Waals surface area contributed by atoms with Crippen molar-refractivity contribution in [2.24, 2.45) is 32.9 Å². The summed E-state index contributed by atoms with van der Waals surface area (Å²) >= 11 is 0. The number of aliphatic imine (C=N–C) groups is 2. The molecule has 2 aromatic carbocycles. The third kappa shape index (κ3) is 15.7. The molecule has 20 heteroatoms. The van der Waals surface area contributed by atoms with Crippen molar-refractivity contribution in [3.05, 3.63) is 71.8 Å². The van der Waals surface area contributed by atoms with Gasteiger partial charge in [-0.15, -0.1) is 0 Å². The predicted molar refractivity (Wildman–Crippen MR) is 232 cm³/mol. The molecule has 0 aromatic heterocycles. The summed E-state index contributed by atoms with van der Waals surface area (Å²) in [5.41, 5.74) is 23.5. The smallest absolute Gasteiger partial charge is 0.245 e. The maximum Gasteiger partial charge on any atom is 0.245 e. The zero-order valence-corrected chi connectivity index (χ0v) is 35.1. The molecule has 6 atom stereocenters. The van der Waals surface area contributed by atoms with Crippen LogP contribution in [-0.4, -0.2) is 121 Å². The molecule has 20 nitrogen and oxygen atoms in total. The third-order valence-electron chi connectivity index (χ3n) is 10.5. The molecule has 2 aromatic rings. The van der Waals surface area contributed by atoms with Gasteiger partial charge in [0.05, 0.1) is 0 Å². The SMILES string of the molecule is CC(=O)N[C@@H](Cc1ccccc1)C(=O)N[C@H]1CCCNC(=O)C(CCCN=C(N)N)NC(=O)C(Cc2ccccc2)NC(=O)[C@@H](CCCN=C(N)N)NC(=O)C2CCCN2C1=O. The Morgan fingerprint density at radius 1 is 0.726 bits per heavy atom. The molecule has 0 radical (unpaired) electrons. The van der Waals surface area contributed by atoms with Crippen LogP contribution >= 0.6 is 0 Å². The number of carbonyl (C=O) groups excluding carboxylic acids is 7. The molecule has 3 unspecified atom stereocenters. The Labute approximate surface area is 361 Å². The molecule has 62 heavy (non-hydrogen) atoms. The van der Waals surface area contributed by atoms with Crippen LogP contribution in [-0.2, 0) is 46.4 Å². The fraction of sp³-hybridized carbons (Fsp3) is 0.500. The first-order chi connectivity index (χ1) is 29.7. The van der Waals surface area contributed by atoms with Gasteiger partial charge in [0.2, 0.25) is 41.4 Å². The topological polar surface area (TPSA) is 324 Å². The molecule has 0 bridgehead atoms. The second-order valence-corrected chi connectivity index (χ2v) is 15.4. The van der Waals surface area contributed by atoms with Gasteiger partial charge in [0.1, 0.15) is 36.3 Å². The van der Waals surface area contributed by atoms with Crippen molar-refractivity contribution in [2.75, 3.05) is 26.2 Å². The first-order valence-electron chi connectivity index (χ1n) is 21.0. The lowest BCUT2D eigenvalue weighted by atomic mass is 10.0. The summed E-state index contributed by atoms with van der Waals surface area (Å²) in [6, 6.07) is 11.4. The molecule has 2 heterocycles. The lowest BCUT2D eigenvalue weighted by Crippen LogP contribution is -2.60. The van der Waals surface area contributed by atoms with Gasteiger partial charge in [-0.3, -0.25) is 43.5 Å². The van der Waals surface area contributed by atoms with E-state index in [4.69, 9.17) is 22.9 Å². The van der Waals surface area contributed by atoms with Crippen LogP contribution < -0.4 is 54.8 Å². The predicted octanol–water partition coefficient (Wildman–Crippen LogP) is -2.08. The number of hydrogen-bond donors (Lipinski definition) is 10. The maximum absolute atomic E-state index is 14.5. The molecule has 2 saturated heterocycles. The summed E-state index contributed by atoms with van der Waals surface area (Å²) in [5.74, 6) is -4.32. The van der Waals surface area contributed by atoms with Crippen LogP contribution in [0, 0.1) is 0 Å². The maximum atomic E-state index is 14.5. The van der Waals surface area contributed by atoms with Crippen LogP contribution in [0.4, 0.5) is 0 Å². The largest absolute Gasteiger partial charge is 0.370 e. The summed E-state index contributed by atoms with van der Waals surface area (Å²) in [7, 11) is 0. The Balaban J connectivity index is 1.68. The van der Waals surface area contributed by atoms with Crippen LogP contribution in [0.1, 0.15) is 69.4 Å². The number of nitrogens with two attached hydrogens (primary N) is 4. The molecule has 2 fully saturated rings. The van der Waals surface area contributed by atoms with Crippen molar-refractivity contribution >= 4 is 53.3 Å². The zero-order chi connectivity index (χ0) is 45.0.